The Hall–Kier alpha value is -1.02. The van der Waals surface area contributed by atoms with Crippen molar-refractivity contribution in [1.29, 1.82) is 0 Å². The number of hydrogen-bond donors (Lipinski definition) is 1. The van der Waals surface area contributed by atoms with Crippen LogP contribution in [-0.2, 0) is 6.42 Å². The summed E-state index contributed by atoms with van der Waals surface area (Å²) in [6.45, 7) is 6.54. The predicted molar refractivity (Wildman–Crippen MR) is 74.4 cm³/mol. The Labute approximate surface area is 105 Å². The third-order valence-corrected chi connectivity index (χ3v) is 3.74. The van der Waals surface area contributed by atoms with Crippen LogP contribution in [0.5, 0.6) is 0 Å². The fourth-order valence-electron chi connectivity index (χ4n) is 2.42. The van der Waals surface area contributed by atoms with Gasteiger partial charge in [-0.25, -0.2) is 0 Å². The minimum Gasteiger partial charge on any atom is -0.370 e. The minimum absolute atomic E-state index is 0.265. The van der Waals surface area contributed by atoms with Crippen molar-refractivity contribution in [3.05, 3.63) is 29.8 Å². The molecule has 94 valence electrons. The summed E-state index contributed by atoms with van der Waals surface area (Å²) in [6, 6.07) is 9.05. The van der Waals surface area contributed by atoms with Gasteiger partial charge in [-0.15, -0.1) is 0 Å². The van der Waals surface area contributed by atoms with Crippen LogP contribution in [-0.4, -0.2) is 19.1 Å². The number of benzene rings is 1. The van der Waals surface area contributed by atoms with Gasteiger partial charge in [0, 0.05) is 24.8 Å². The van der Waals surface area contributed by atoms with E-state index in [-0.39, 0.29) is 6.04 Å². The molecular formula is C15H24N2. The zero-order valence-electron chi connectivity index (χ0n) is 11.0. The lowest BCUT2D eigenvalue weighted by Gasteiger charge is -2.29. The van der Waals surface area contributed by atoms with E-state index in [4.69, 9.17) is 5.73 Å². The molecule has 2 heteroatoms. The Balaban J connectivity index is 2.17. The molecule has 1 heterocycles. The van der Waals surface area contributed by atoms with E-state index >= 15 is 0 Å². The second kappa shape index (κ2) is 5.54. The summed E-state index contributed by atoms with van der Waals surface area (Å²) in [4.78, 5) is 2.48. The predicted octanol–water partition coefficient (Wildman–Crippen LogP) is 2.81. The molecule has 0 radical (unpaired) electrons. The van der Waals surface area contributed by atoms with Gasteiger partial charge in [0.15, 0.2) is 0 Å². The number of para-hydroxylation sites is 1. The topological polar surface area (TPSA) is 29.3 Å². The van der Waals surface area contributed by atoms with Gasteiger partial charge < -0.3 is 10.6 Å². The standard InChI is InChI=1S/C15H24N2/c1-12(2)14(16)11-17-10-6-5-8-13-7-3-4-9-15(13)17/h3-4,7,9,12,14H,5-6,8,10-11,16H2,1-2H3. The van der Waals surface area contributed by atoms with Crippen LogP contribution < -0.4 is 10.6 Å². The van der Waals surface area contributed by atoms with Gasteiger partial charge in [-0.2, -0.15) is 0 Å². The molecule has 1 aliphatic rings. The molecule has 1 aromatic rings. The molecule has 0 aliphatic carbocycles. The third kappa shape index (κ3) is 3.01. The molecule has 1 unspecified atom stereocenters. The molecule has 0 fully saturated rings. The molecule has 1 atom stereocenters. The van der Waals surface area contributed by atoms with Gasteiger partial charge in [0.05, 0.1) is 0 Å². The van der Waals surface area contributed by atoms with Crippen molar-refractivity contribution in [3.8, 4) is 0 Å². The van der Waals surface area contributed by atoms with Crippen LogP contribution in [0.3, 0.4) is 0 Å². The van der Waals surface area contributed by atoms with Crippen molar-refractivity contribution in [2.75, 3.05) is 18.0 Å². The van der Waals surface area contributed by atoms with Crippen molar-refractivity contribution in [2.24, 2.45) is 11.7 Å². The average Bonchev–Trinajstić information content (AvgIpc) is 2.52. The van der Waals surface area contributed by atoms with Crippen molar-refractivity contribution < 1.29 is 0 Å². The molecule has 0 spiro atoms. The Morgan fingerprint density at radius 2 is 2.00 bits per heavy atom. The largest absolute Gasteiger partial charge is 0.370 e. The van der Waals surface area contributed by atoms with Crippen LogP contribution in [0.2, 0.25) is 0 Å². The molecule has 1 aliphatic heterocycles. The van der Waals surface area contributed by atoms with Gasteiger partial charge in [0.1, 0.15) is 0 Å². The Kier molecular flexibility index (Phi) is 4.06. The van der Waals surface area contributed by atoms with Gasteiger partial charge in [0.25, 0.3) is 0 Å². The summed E-state index contributed by atoms with van der Waals surface area (Å²) in [6.07, 6.45) is 3.79. The van der Waals surface area contributed by atoms with Crippen LogP contribution in [0.1, 0.15) is 32.3 Å². The highest BCUT2D eigenvalue weighted by Crippen LogP contribution is 2.26. The fraction of sp³-hybridized carbons (Fsp3) is 0.600. The van der Waals surface area contributed by atoms with E-state index in [9.17, 15) is 0 Å². The van der Waals surface area contributed by atoms with Gasteiger partial charge in [-0.3, -0.25) is 0 Å². The molecule has 1 aromatic carbocycles. The molecule has 2 N–H and O–H groups in total. The maximum absolute atomic E-state index is 6.21. The number of fused-ring (bicyclic) bond motifs is 1. The van der Waals surface area contributed by atoms with Crippen molar-refractivity contribution in [3.63, 3.8) is 0 Å². The van der Waals surface area contributed by atoms with Crippen LogP contribution in [0, 0.1) is 5.92 Å². The third-order valence-electron chi connectivity index (χ3n) is 3.74. The van der Waals surface area contributed by atoms with E-state index in [0.717, 1.165) is 13.1 Å². The summed E-state index contributed by atoms with van der Waals surface area (Å²) >= 11 is 0. The summed E-state index contributed by atoms with van der Waals surface area (Å²) in [5.74, 6) is 0.547. The quantitative estimate of drug-likeness (QED) is 0.868. The lowest BCUT2D eigenvalue weighted by Crippen LogP contribution is -2.41. The van der Waals surface area contributed by atoms with Gasteiger partial charge in [-0.05, 0) is 36.8 Å². The van der Waals surface area contributed by atoms with Gasteiger partial charge in [-0.1, -0.05) is 32.0 Å². The molecule has 2 nitrogen and oxygen atoms in total. The lowest BCUT2D eigenvalue weighted by molar-refractivity contribution is 0.483. The highest BCUT2D eigenvalue weighted by Gasteiger charge is 2.18. The highest BCUT2D eigenvalue weighted by atomic mass is 15.1. The number of nitrogens with zero attached hydrogens (tertiary/aromatic N) is 1. The normalized spacial score (nSPS) is 17.8. The molecule has 0 amide bonds. The van der Waals surface area contributed by atoms with E-state index in [1.54, 1.807) is 0 Å². The Morgan fingerprint density at radius 3 is 2.76 bits per heavy atom. The Morgan fingerprint density at radius 1 is 1.24 bits per heavy atom. The number of nitrogens with two attached hydrogens (primary N) is 1. The SMILES string of the molecule is CC(C)C(N)CN1CCCCc2ccccc21. The second-order valence-corrected chi connectivity index (χ2v) is 5.44. The van der Waals surface area contributed by atoms with Crippen LogP contribution in [0.15, 0.2) is 24.3 Å². The molecule has 0 bridgehead atoms. The monoisotopic (exact) mass is 232 g/mol. The first-order valence-corrected chi connectivity index (χ1v) is 6.77. The van der Waals surface area contributed by atoms with Crippen LogP contribution >= 0.6 is 0 Å². The molecule has 0 saturated heterocycles. The zero-order valence-corrected chi connectivity index (χ0v) is 11.0. The first kappa shape index (κ1) is 12.4. The fourth-order valence-corrected chi connectivity index (χ4v) is 2.42. The first-order chi connectivity index (χ1) is 8.18. The van der Waals surface area contributed by atoms with Gasteiger partial charge >= 0.3 is 0 Å². The van der Waals surface area contributed by atoms with E-state index in [1.807, 2.05) is 0 Å². The van der Waals surface area contributed by atoms with E-state index in [1.165, 1.54) is 30.5 Å². The first-order valence-electron chi connectivity index (χ1n) is 6.77. The summed E-state index contributed by atoms with van der Waals surface area (Å²) < 4.78 is 0. The highest BCUT2D eigenvalue weighted by molar-refractivity contribution is 5.54. The Bertz CT molecular complexity index is 360. The molecule has 0 aromatic heterocycles. The minimum atomic E-state index is 0.265. The molecule has 2 rings (SSSR count). The van der Waals surface area contributed by atoms with E-state index < -0.39 is 0 Å². The summed E-state index contributed by atoms with van der Waals surface area (Å²) in [5, 5.41) is 0. The maximum Gasteiger partial charge on any atom is 0.0399 e. The van der Waals surface area contributed by atoms with Gasteiger partial charge in [0.2, 0.25) is 0 Å². The smallest absolute Gasteiger partial charge is 0.0399 e. The van der Waals surface area contributed by atoms with Crippen molar-refractivity contribution in [2.45, 2.75) is 39.2 Å². The number of hydrogen-bond acceptors (Lipinski definition) is 2. The molecule has 0 saturated carbocycles. The van der Waals surface area contributed by atoms with Crippen LogP contribution in [0.4, 0.5) is 5.69 Å². The summed E-state index contributed by atoms with van der Waals surface area (Å²) in [7, 11) is 0. The average molecular weight is 232 g/mol. The number of rotatable bonds is 3. The number of aryl methyl sites for hydroxylation is 1. The van der Waals surface area contributed by atoms with Crippen LogP contribution in [0.25, 0.3) is 0 Å². The zero-order chi connectivity index (χ0) is 12.3. The van der Waals surface area contributed by atoms with E-state index in [2.05, 4.69) is 43.0 Å². The van der Waals surface area contributed by atoms with Crippen molar-refractivity contribution >= 4 is 5.69 Å². The number of anilines is 1. The summed E-state index contributed by atoms with van der Waals surface area (Å²) in [5.41, 5.74) is 9.10. The molecular weight excluding hydrogens is 208 g/mol. The maximum atomic E-state index is 6.21. The lowest BCUT2D eigenvalue weighted by atomic mass is 10.0. The van der Waals surface area contributed by atoms with Crippen molar-refractivity contribution in [1.82, 2.24) is 0 Å². The van der Waals surface area contributed by atoms with E-state index in [0.29, 0.717) is 5.92 Å². The molecule has 17 heavy (non-hydrogen) atoms. The second-order valence-electron chi connectivity index (χ2n) is 5.44.